The monoisotopic (exact) mass is 417 g/mol. The summed E-state index contributed by atoms with van der Waals surface area (Å²) in [5.74, 6) is -0.550. The van der Waals surface area contributed by atoms with Crippen molar-refractivity contribution in [3.63, 3.8) is 0 Å². The van der Waals surface area contributed by atoms with E-state index in [1.165, 1.54) is 18.4 Å². The molecule has 2 aliphatic heterocycles. The summed E-state index contributed by atoms with van der Waals surface area (Å²) < 4.78 is 0.997. The molecule has 2 aromatic rings. The molecule has 2 fully saturated rings. The number of rotatable bonds is 4. The summed E-state index contributed by atoms with van der Waals surface area (Å²) in [4.78, 5) is 56.0. The molecule has 4 rings (SSSR count). The van der Waals surface area contributed by atoms with Gasteiger partial charge in [0.05, 0.1) is 10.2 Å². The number of hydrogen-bond acceptors (Lipinski definition) is 7. The van der Waals surface area contributed by atoms with E-state index in [0.717, 1.165) is 26.9 Å². The maximum Gasteiger partial charge on any atom is 0.288 e. The minimum absolute atomic E-state index is 0.0239. The van der Waals surface area contributed by atoms with Gasteiger partial charge < -0.3 is 4.90 Å². The largest absolute Gasteiger partial charge is 0.343 e. The lowest BCUT2D eigenvalue weighted by Gasteiger charge is -2.31. The summed E-state index contributed by atoms with van der Waals surface area (Å²) in [7, 11) is 1.43. The number of ketones is 1. The zero-order valence-electron chi connectivity index (χ0n) is 15.3. The Morgan fingerprint density at radius 1 is 1.18 bits per heavy atom. The van der Waals surface area contributed by atoms with Crippen LogP contribution in [0.2, 0.25) is 0 Å². The van der Waals surface area contributed by atoms with E-state index in [2.05, 4.69) is 4.98 Å². The molecule has 3 heterocycles. The highest BCUT2D eigenvalue weighted by Gasteiger charge is 2.39. The van der Waals surface area contributed by atoms with E-state index in [9.17, 15) is 19.2 Å². The van der Waals surface area contributed by atoms with Gasteiger partial charge in [0, 0.05) is 32.5 Å². The SMILES string of the molecule is CN1C(=O)S[C@H](CC(=O)N2CCC(C(=O)c3nc4ccccc4s3)CC2)C1=O. The number of Topliss-reactive ketones (excluding diaryl/α,β-unsaturated/α-hetero) is 1. The van der Waals surface area contributed by atoms with Gasteiger partial charge in [0.15, 0.2) is 10.8 Å². The van der Waals surface area contributed by atoms with Crippen LogP contribution >= 0.6 is 23.1 Å². The summed E-state index contributed by atoms with van der Waals surface area (Å²) >= 11 is 2.32. The first kappa shape index (κ1) is 19.1. The van der Waals surface area contributed by atoms with Crippen LogP contribution in [0.1, 0.15) is 29.1 Å². The summed E-state index contributed by atoms with van der Waals surface area (Å²) in [6.07, 6.45) is 1.20. The fraction of sp³-hybridized carbons (Fsp3) is 0.421. The Kier molecular flexibility index (Phi) is 5.20. The van der Waals surface area contributed by atoms with Gasteiger partial charge in [0.2, 0.25) is 11.8 Å². The van der Waals surface area contributed by atoms with Crippen molar-refractivity contribution >= 4 is 56.2 Å². The van der Waals surface area contributed by atoms with Crippen LogP contribution in [0, 0.1) is 5.92 Å². The van der Waals surface area contributed by atoms with Crippen molar-refractivity contribution in [1.29, 1.82) is 0 Å². The Bertz CT molecular complexity index is 932. The van der Waals surface area contributed by atoms with Crippen LogP contribution in [0.5, 0.6) is 0 Å². The second-order valence-corrected chi connectivity index (χ2v) is 9.16. The van der Waals surface area contributed by atoms with E-state index in [0.29, 0.717) is 30.9 Å². The average molecular weight is 418 g/mol. The van der Waals surface area contributed by atoms with Crippen molar-refractivity contribution in [2.75, 3.05) is 20.1 Å². The second kappa shape index (κ2) is 7.63. The molecule has 0 radical (unpaired) electrons. The number of likely N-dealkylation sites (tertiary alicyclic amines) is 1. The third-order valence-corrected chi connectivity index (χ3v) is 7.39. The van der Waals surface area contributed by atoms with Crippen LogP contribution in [0.15, 0.2) is 24.3 Å². The Morgan fingerprint density at radius 3 is 2.54 bits per heavy atom. The standard InChI is InChI=1S/C19H19N3O4S2/c1-21-18(25)14(28-19(21)26)10-15(23)22-8-6-11(7-9-22)16(24)17-20-12-4-2-3-5-13(12)27-17/h2-5,11,14H,6-10H2,1H3/t14-/m1/s1. The number of para-hydroxylation sites is 1. The molecule has 1 aromatic heterocycles. The highest BCUT2D eigenvalue weighted by atomic mass is 32.2. The minimum atomic E-state index is -0.632. The highest BCUT2D eigenvalue weighted by Crippen LogP contribution is 2.30. The van der Waals surface area contributed by atoms with Gasteiger partial charge in [-0.15, -0.1) is 11.3 Å². The Morgan fingerprint density at radius 2 is 1.89 bits per heavy atom. The number of hydrogen-bond donors (Lipinski definition) is 0. The molecule has 3 amide bonds. The predicted octanol–water partition coefficient (Wildman–Crippen LogP) is 2.80. The van der Waals surface area contributed by atoms with E-state index in [4.69, 9.17) is 0 Å². The molecule has 2 aliphatic rings. The van der Waals surface area contributed by atoms with Gasteiger partial charge in [0.1, 0.15) is 5.25 Å². The van der Waals surface area contributed by atoms with E-state index in [1.54, 1.807) is 4.90 Å². The maximum atomic E-state index is 12.8. The van der Waals surface area contributed by atoms with Crippen molar-refractivity contribution in [2.24, 2.45) is 5.92 Å². The van der Waals surface area contributed by atoms with Crippen molar-refractivity contribution in [3.8, 4) is 0 Å². The molecule has 0 unspecified atom stereocenters. The Balaban J connectivity index is 1.34. The topological polar surface area (TPSA) is 87.7 Å². The fourth-order valence-corrected chi connectivity index (χ4v) is 5.48. The van der Waals surface area contributed by atoms with Crippen LogP contribution in [0.4, 0.5) is 4.79 Å². The number of thiazole rings is 1. The Hall–Kier alpha value is -2.26. The number of piperidine rings is 1. The first-order valence-electron chi connectivity index (χ1n) is 9.10. The number of thioether (sulfide) groups is 1. The molecule has 0 bridgehead atoms. The fourth-order valence-electron chi connectivity index (χ4n) is 3.52. The molecule has 28 heavy (non-hydrogen) atoms. The quantitative estimate of drug-likeness (QED) is 0.711. The average Bonchev–Trinajstić information content (AvgIpc) is 3.24. The molecule has 7 nitrogen and oxygen atoms in total. The molecular formula is C19H19N3O4S2. The first-order chi connectivity index (χ1) is 13.4. The van der Waals surface area contributed by atoms with Crippen molar-refractivity contribution in [3.05, 3.63) is 29.3 Å². The van der Waals surface area contributed by atoms with Crippen LogP contribution in [0.3, 0.4) is 0 Å². The smallest absolute Gasteiger partial charge is 0.288 e. The number of amides is 3. The Labute approximate surface area is 170 Å². The van der Waals surface area contributed by atoms with Crippen LogP contribution in [0.25, 0.3) is 10.2 Å². The molecule has 2 saturated heterocycles. The summed E-state index contributed by atoms with van der Waals surface area (Å²) in [5, 5.41) is -0.421. The number of aromatic nitrogens is 1. The normalized spacial score (nSPS) is 21.0. The number of benzene rings is 1. The van der Waals surface area contributed by atoms with Gasteiger partial charge >= 0.3 is 0 Å². The lowest BCUT2D eigenvalue weighted by molar-refractivity contribution is -0.135. The van der Waals surface area contributed by atoms with Crippen LogP contribution in [-0.4, -0.2) is 63.0 Å². The van der Waals surface area contributed by atoms with Crippen molar-refractivity contribution in [1.82, 2.24) is 14.8 Å². The molecule has 1 aromatic carbocycles. The zero-order valence-corrected chi connectivity index (χ0v) is 16.9. The number of carbonyl (C=O) groups is 4. The molecule has 0 saturated carbocycles. The highest BCUT2D eigenvalue weighted by molar-refractivity contribution is 8.15. The van der Waals surface area contributed by atoms with Gasteiger partial charge in [-0.1, -0.05) is 23.9 Å². The molecule has 146 valence electrons. The zero-order chi connectivity index (χ0) is 19.8. The van der Waals surface area contributed by atoms with Crippen LogP contribution < -0.4 is 0 Å². The molecule has 1 atom stereocenters. The number of fused-ring (bicyclic) bond motifs is 1. The predicted molar refractivity (Wildman–Crippen MR) is 107 cm³/mol. The lowest BCUT2D eigenvalue weighted by atomic mass is 9.92. The van der Waals surface area contributed by atoms with Crippen molar-refractivity contribution < 1.29 is 19.2 Å². The second-order valence-electron chi connectivity index (χ2n) is 6.98. The summed E-state index contributed by atoms with van der Waals surface area (Å²) in [5.41, 5.74) is 0.835. The first-order valence-corrected chi connectivity index (χ1v) is 10.8. The van der Waals surface area contributed by atoms with Gasteiger partial charge in [-0.05, 0) is 25.0 Å². The van der Waals surface area contributed by atoms with E-state index in [1.807, 2.05) is 24.3 Å². The number of carbonyl (C=O) groups excluding carboxylic acids is 4. The summed E-state index contributed by atoms with van der Waals surface area (Å²) in [6.45, 7) is 0.963. The van der Waals surface area contributed by atoms with Gasteiger partial charge in [0.25, 0.3) is 5.24 Å². The number of imide groups is 1. The summed E-state index contributed by atoms with van der Waals surface area (Å²) in [6, 6.07) is 7.68. The molecule has 0 spiro atoms. The van der Waals surface area contributed by atoms with Crippen LogP contribution in [-0.2, 0) is 9.59 Å². The number of nitrogens with zero attached hydrogens (tertiary/aromatic N) is 3. The molecule has 9 heteroatoms. The van der Waals surface area contributed by atoms with Gasteiger partial charge in [-0.2, -0.15) is 0 Å². The van der Waals surface area contributed by atoms with E-state index >= 15 is 0 Å². The van der Waals surface area contributed by atoms with E-state index in [-0.39, 0.29) is 35.2 Å². The maximum absolute atomic E-state index is 12.8. The minimum Gasteiger partial charge on any atom is -0.343 e. The molecular weight excluding hydrogens is 398 g/mol. The van der Waals surface area contributed by atoms with E-state index < -0.39 is 5.25 Å². The lowest BCUT2D eigenvalue weighted by Crippen LogP contribution is -2.42. The molecule has 0 aliphatic carbocycles. The third-order valence-electron chi connectivity index (χ3n) is 5.21. The van der Waals surface area contributed by atoms with Gasteiger partial charge in [-0.3, -0.25) is 24.1 Å². The third kappa shape index (κ3) is 3.56. The van der Waals surface area contributed by atoms with Crippen molar-refractivity contribution in [2.45, 2.75) is 24.5 Å². The molecule has 0 N–H and O–H groups in total. The van der Waals surface area contributed by atoms with Gasteiger partial charge in [-0.25, -0.2) is 4.98 Å².